The quantitative estimate of drug-likeness (QED) is 0.0970. The van der Waals surface area contributed by atoms with Crippen LogP contribution in [0.5, 0.6) is 0 Å². The van der Waals surface area contributed by atoms with Crippen LogP contribution in [-0.4, -0.2) is 117 Å². The minimum Gasteiger partial charge on any atom is -0.414 e. The van der Waals surface area contributed by atoms with Crippen LogP contribution in [0.15, 0.2) is 55.6 Å². The highest BCUT2D eigenvalue weighted by Crippen LogP contribution is 2.43. The average molecular weight is 905 g/mol. The van der Waals surface area contributed by atoms with Gasteiger partial charge in [0.15, 0.2) is 64.1 Å². The van der Waals surface area contributed by atoms with Crippen molar-refractivity contribution in [1.29, 1.82) is 0 Å². The number of hydrogen-bond acceptors (Lipinski definition) is 12. The maximum atomic E-state index is 16.4. The Labute approximate surface area is 370 Å². The normalized spacial score (nSPS) is 24.7. The van der Waals surface area contributed by atoms with Crippen LogP contribution in [0.4, 0.5) is 14.6 Å². The van der Waals surface area contributed by atoms with E-state index in [1.807, 2.05) is 19.2 Å². The molecule has 63 heavy (non-hydrogen) atoms. The van der Waals surface area contributed by atoms with Gasteiger partial charge in [-0.05, 0) is 55.3 Å². The highest BCUT2D eigenvalue weighted by atomic mass is 28.4. The molecule has 2 saturated heterocycles. The maximum Gasteiger partial charge on any atom is 0.260 e. The number of anilines is 1. The van der Waals surface area contributed by atoms with Crippen molar-refractivity contribution in [2.75, 3.05) is 18.1 Å². The van der Waals surface area contributed by atoms with Crippen molar-refractivity contribution in [1.82, 2.24) is 39.0 Å². The van der Waals surface area contributed by atoms with Gasteiger partial charge in [-0.2, -0.15) is 0 Å². The van der Waals surface area contributed by atoms with Gasteiger partial charge in [0.25, 0.3) is 5.91 Å². The molecule has 8 atom stereocenters. The Morgan fingerprint density at radius 3 is 2.13 bits per heavy atom. The molecule has 2 aliphatic rings. The molecule has 19 heteroatoms. The van der Waals surface area contributed by atoms with Crippen LogP contribution >= 0.6 is 0 Å². The molecule has 0 bridgehead atoms. The first-order valence-electron chi connectivity index (χ1n) is 21.9. The molecule has 338 valence electrons. The van der Waals surface area contributed by atoms with Crippen LogP contribution in [0, 0.1) is 11.8 Å². The minimum absolute atomic E-state index is 0.0649. The number of alkyl halides is 2. The Balaban J connectivity index is 1.09. The van der Waals surface area contributed by atoms with Gasteiger partial charge in [0, 0.05) is 19.8 Å². The number of hydrogen-bond donors (Lipinski definition) is 1. The summed E-state index contributed by atoms with van der Waals surface area (Å²) in [5.41, 5.74) is 2.26. The fraction of sp³-hybridized carbons (Fsp3) is 0.568. The van der Waals surface area contributed by atoms with E-state index in [9.17, 15) is 9.90 Å². The molecule has 1 N–H and O–H groups in total. The third-order valence-corrected chi connectivity index (χ3v) is 21.9. The summed E-state index contributed by atoms with van der Waals surface area (Å²) in [7, 11) is -4.60. The summed E-state index contributed by atoms with van der Waals surface area (Å²) in [4.78, 5) is 42.3. The van der Waals surface area contributed by atoms with Gasteiger partial charge in [0.2, 0.25) is 0 Å². The molecule has 2 fully saturated rings. The van der Waals surface area contributed by atoms with E-state index >= 15 is 8.78 Å². The lowest BCUT2D eigenvalue weighted by Gasteiger charge is -2.39. The van der Waals surface area contributed by atoms with Crippen molar-refractivity contribution in [2.45, 2.75) is 147 Å². The Kier molecular flexibility index (Phi) is 12.7. The zero-order chi connectivity index (χ0) is 46.4. The number of halogens is 2. The van der Waals surface area contributed by atoms with E-state index in [-0.39, 0.29) is 53.0 Å². The second kappa shape index (κ2) is 17.8. The smallest absolute Gasteiger partial charge is 0.260 e. The fourth-order valence-electron chi connectivity index (χ4n) is 7.02. The number of rotatable bonds is 12. The number of fused-ring (bicyclic) bond motifs is 2. The first-order chi connectivity index (χ1) is 30.1. The molecular formula is C44H59F2N9O6Si2. The lowest BCUT2D eigenvalue weighted by atomic mass is 10.1. The number of aliphatic hydroxyl groups is 1. The van der Waals surface area contributed by atoms with Crippen LogP contribution < -0.4 is 4.90 Å². The molecule has 2 aliphatic heterocycles. The standard InChI is InChI=1S/C44H59F2N9O6Si2/c1-27-36(61-63(10,11)44(5,6)7)32(46)42(59-27)55-26-52-34-38(49-24-50-39(34)55)53(40(57)28-18-14-12-15-19-28)21-17-13-16-20-29-33-37(48-23-47-29)54(25-51-33)41-31(45)35(56)30(60-41)22-58-62(8,9)43(2,3)4/h12,14-15,18-19,23-27,30-32,35-36,41-42,56H,16,20-22H2,1-11H3/t27-,30-,31-,32-,35?,36-,41-,42-/m1/s1/i1D. The molecule has 4 aromatic heterocycles. The minimum atomic E-state index is -2.43. The molecule has 7 rings (SSSR count). The number of carbonyl (C=O) groups excluding carboxylic acids is 1. The number of aliphatic hydroxyl groups excluding tert-OH is 1. The van der Waals surface area contributed by atoms with Gasteiger partial charge >= 0.3 is 0 Å². The number of benzene rings is 1. The van der Waals surface area contributed by atoms with E-state index in [4.69, 9.17) is 19.7 Å². The first-order valence-corrected chi connectivity index (χ1v) is 27.0. The molecule has 1 amide bonds. The van der Waals surface area contributed by atoms with Crippen molar-refractivity contribution >= 4 is 50.7 Å². The maximum absolute atomic E-state index is 16.4. The van der Waals surface area contributed by atoms with Gasteiger partial charge in [0.05, 0.1) is 37.6 Å². The van der Waals surface area contributed by atoms with Gasteiger partial charge in [0.1, 0.15) is 36.5 Å². The van der Waals surface area contributed by atoms with Crippen molar-refractivity contribution in [3.05, 3.63) is 66.9 Å². The number of imidazole rings is 2. The Morgan fingerprint density at radius 2 is 1.48 bits per heavy atom. The molecule has 1 unspecified atom stereocenters. The number of aromatic nitrogens is 8. The molecule has 0 radical (unpaired) electrons. The van der Waals surface area contributed by atoms with Crippen molar-refractivity contribution in [3.63, 3.8) is 0 Å². The van der Waals surface area contributed by atoms with Crippen LogP contribution in [0.2, 0.25) is 36.3 Å². The van der Waals surface area contributed by atoms with E-state index in [2.05, 4.69) is 96.4 Å². The second-order valence-corrected chi connectivity index (χ2v) is 28.8. The molecule has 1 aromatic carbocycles. The highest BCUT2D eigenvalue weighted by molar-refractivity contribution is 6.74. The molecule has 15 nitrogen and oxygen atoms in total. The molecule has 0 aliphatic carbocycles. The van der Waals surface area contributed by atoms with Crippen molar-refractivity contribution in [3.8, 4) is 11.8 Å². The zero-order valence-electron chi connectivity index (χ0n) is 38.6. The van der Waals surface area contributed by atoms with Crippen LogP contribution in [0.25, 0.3) is 22.3 Å². The van der Waals surface area contributed by atoms with Gasteiger partial charge in [-0.1, -0.05) is 65.7 Å². The average Bonchev–Trinajstić information content (AvgIpc) is 4.02. The van der Waals surface area contributed by atoms with Gasteiger partial charge in [-0.15, -0.1) is 5.92 Å². The monoisotopic (exact) mass is 904 g/mol. The molecule has 5 aromatic rings. The van der Waals surface area contributed by atoms with E-state index in [0.29, 0.717) is 35.3 Å². The van der Waals surface area contributed by atoms with Crippen molar-refractivity contribution in [2.24, 2.45) is 0 Å². The van der Waals surface area contributed by atoms with Crippen LogP contribution in [0.1, 0.15) is 84.7 Å². The number of amides is 1. The molecule has 0 saturated carbocycles. The summed E-state index contributed by atoms with van der Waals surface area (Å²) in [6.45, 7) is 20.6. The lowest BCUT2D eigenvalue weighted by molar-refractivity contribution is -0.0434. The number of carbonyl (C=O) groups is 1. The van der Waals surface area contributed by atoms with Gasteiger partial charge in [-0.25, -0.2) is 38.7 Å². The van der Waals surface area contributed by atoms with E-state index in [1.165, 1.54) is 39.3 Å². The van der Waals surface area contributed by atoms with E-state index in [0.717, 1.165) is 0 Å². The molecule has 0 spiro atoms. The SMILES string of the molecule is [2H]C[C@H]1O[C@@H](n2cnc3c(N(CC#CCCc4ncnc5c4ncn5[C@@H]4O[C@H](CO[Si](C)(C)C(C)(C)C)C(O)[C@H]4F)C(=O)c4ccccc4)ncnc32)[C@H](F)[C@@H]1O[Si](C)(C)C(C)(C)C. The van der Waals surface area contributed by atoms with Gasteiger partial charge < -0.3 is 23.4 Å². The van der Waals surface area contributed by atoms with E-state index < -0.39 is 65.8 Å². The largest absolute Gasteiger partial charge is 0.414 e. The second-order valence-electron chi connectivity index (χ2n) is 19.2. The Hall–Kier alpha value is -4.56. The number of nitrogens with zero attached hydrogens (tertiary/aromatic N) is 9. The Morgan fingerprint density at radius 1 is 0.857 bits per heavy atom. The van der Waals surface area contributed by atoms with Gasteiger partial charge in [-0.3, -0.25) is 18.8 Å². The predicted molar refractivity (Wildman–Crippen MR) is 239 cm³/mol. The summed E-state index contributed by atoms with van der Waals surface area (Å²) in [5, 5.41) is 10.6. The summed E-state index contributed by atoms with van der Waals surface area (Å²) >= 11 is 0. The Bertz CT molecular complexity index is 2510. The van der Waals surface area contributed by atoms with Crippen LogP contribution in [0.3, 0.4) is 0 Å². The van der Waals surface area contributed by atoms with E-state index in [1.54, 1.807) is 24.3 Å². The lowest BCUT2D eigenvalue weighted by Crippen LogP contribution is -2.47. The van der Waals surface area contributed by atoms with Crippen molar-refractivity contribution < 1.29 is 38.4 Å². The molecular weight excluding hydrogens is 845 g/mol. The topological polar surface area (TPSA) is 165 Å². The fourth-order valence-corrected chi connectivity index (χ4v) is 9.35. The summed E-state index contributed by atoms with van der Waals surface area (Å²) in [6.07, 6.45) is -3.52. The summed E-state index contributed by atoms with van der Waals surface area (Å²) in [5.74, 6) is 6.03. The zero-order valence-corrected chi connectivity index (χ0v) is 39.6. The predicted octanol–water partition coefficient (Wildman–Crippen LogP) is 7.51. The molecule has 6 heterocycles. The van der Waals surface area contributed by atoms with Crippen LogP contribution in [-0.2, 0) is 24.7 Å². The summed E-state index contributed by atoms with van der Waals surface area (Å²) < 4.78 is 68.0. The number of ether oxygens (including phenoxy) is 2. The third-order valence-electron chi connectivity index (χ3n) is 12.9. The highest BCUT2D eigenvalue weighted by Gasteiger charge is 2.51. The number of aryl methyl sites for hydroxylation is 1. The third kappa shape index (κ3) is 9.21. The first kappa shape index (κ1) is 45.0. The summed E-state index contributed by atoms with van der Waals surface area (Å²) in [6, 6.07) is 8.70.